The second-order valence-corrected chi connectivity index (χ2v) is 8.69. The molecule has 3 aromatic rings. The van der Waals surface area contributed by atoms with Crippen LogP contribution in [0.4, 0.5) is 4.79 Å². The Bertz CT molecular complexity index is 1320. The van der Waals surface area contributed by atoms with Crippen LogP contribution < -0.4 is 11.2 Å². The highest BCUT2D eigenvalue weighted by Gasteiger charge is 2.21. The predicted molar refractivity (Wildman–Crippen MR) is 141 cm³/mol. The maximum absolute atomic E-state index is 11.6. The SMILES string of the molecule is CC(=O)CN1CC(COCc2ccccc2)=NNC1=O.Cc1nn(CC(=O)COCc2ccccc2)c(=O)o1. The number of rotatable bonds is 12. The highest BCUT2D eigenvalue weighted by atomic mass is 16.5. The number of amides is 2. The van der Waals surface area contributed by atoms with Gasteiger partial charge in [0.05, 0.1) is 38.6 Å². The van der Waals surface area contributed by atoms with Crippen LogP contribution in [-0.4, -0.2) is 64.3 Å². The van der Waals surface area contributed by atoms with Crippen molar-refractivity contribution in [3.63, 3.8) is 0 Å². The molecule has 12 nitrogen and oxygen atoms in total. The predicted octanol–water partition coefficient (Wildman–Crippen LogP) is 2.10. The fourth-order valence-corrected chi connectivity index (χ4v) is 3.44. The number of aromatic nitrogens is 2. The van der Waals surface area contributed by atoms with E-state index in [9.17, 15) is 19.2 Å². The van der Waals surface area contributed by atoms with Crippen LogP contribution in [0.5, 0.6) is 0 Å². The van der Waals surface area contributed by atoms with Crippen LogP contribution >= 0.6 is 0 Å². The van der Waals surface area contributed by atoms with Gasteiger partial charge in [0.1, 0.15) is 18.9 Å². The van der Waals surface area contributed by atoms with E-state index in [0.717, 1.165) is 15.8 Å². The molecule has 0 saturated carbocycles. The van der Waals surface area contributed by atoms with Crippen molar-refractivity contribution in [3.05, 3.63) is 88.2 Å². The summed E-state index contributed by atoms with van der Waals surface area (Å²) in [4.78, 5) is 46.8. The first-order chi connectivity index (χ1) is 18.8. The zero-order valence-corrected chi connectivity index (χ0v) is 21.9. The van der Waals surface area contributed by atoms with E-state index < -0.39 is 5.76 Å². The van der Waals surface area contributed by atoms with Crippen LogP contribution in [-0.2, 0) is 38.8 Å². The average molecular weight is 538 g/mol. The summed E-state index contributed by atoms with van der Waals surface area (Å²) in [5.41, 5.74) is 5.14. The first kappa shape index (κ1) is 29.1. The number of benzene rings is 2. The van der Waals surface area contributed by atoms with Crippen molar-refractivity contribution in [1.29, 1.82) is 0 Å². The molecular formula is C27H31N5O7. The van der Waals surface area contributed by atoms with Gasteiger partial charge in [-0.25, -0.2) is 15.0 Å². The Hall–Kier alpha value is -4.42. The molecule has 0 atom stereocenters. The summed E-state index contributed by atoms with van der Waals surface area (Å²) in [6.07, 6.45) is 0. The summed E-state index contributed by atoms with van der Waals surface area (Å²) < 4.78 is 16.5. The molecule has 0 saturated heterocycles. The van der Waals surface area contributed by atoms with Gasteiger partial charge in [-0.1, -0.05) is 60.7 Å². The van der Waals surface area contributed by atoms with Gasteiger partial charge >= 0.3 is 11.8 Å². The molecule has 0 bridgehead atoms. The Labute approximate surface area is 225 Å². The fourth-order valence-electron chi connectivity index (χ4n) is 3.44. The summed E-state index contributed by atoms with van der Waals surface area (Å²) in [5.74, 6) is -0.685. The van der Waals surface area contributed by atoms with Crippen molar-refractivity contribution in [1.82, 2.24) is 20.1 Å². The maximum Gasteiger partial charge on any atom is 0.437 e. The highest BCUT2D eigenvalue weighted by molar-refractivity contribution is 5.95. The molecule has 1 aliphatic heterocycles. The topological polar surface area (TPSA) is 145 Å². The first-order valence-corrected chi connectivity index (χ1v) is 12.2. The van der Waals surface area contributed by atoms with Crippen LogP contribution in [0.3, 0.4) is 0 Å². The monoisotopic (exact) mass is 537 g/mol. The number of hydrogen-bond donors (Lipinski definition) is 1. The van der Waals surface area contributed by atoms with Gasteiger partial charge in [0, 0.05) is 6.92 Å². The van der Waals surface area contributed by atoms with Gasteiger partial charge in [-0.05, 0) is 18.1 Å². The third-order valence-corrected chi connectivity index (χ3v) is 5.17. The van der Waals surface area contributed by atoms with Gasteiger partial charge in [-0.15, -0.1) is 5.10 Å². The largest absolute Gasteiger partial charge is 0.437 e. The molecule has 12 heteroatoms. The van der Waals surface area contributed by atoms with Crippen molar-refractivity contribution in [2.75, 3.05) is 26.3 Å². The fraction of sp³-hybridized carbons (Fsp3) is 0.333. The second-order valence-electron chi connectivity index (χ2n) is 8.69. The summed E-state index contributed by atoms with van der Waals surface area (Å²) in [6, 6.07) is 19.0. The van der Waals surface area contributed by atoms with E-state index in [-0.39, 0.29) is 43.2 Å². The Morgan fingerprint density at radius 2 is 1.54 bits per heavy atom. The van der Waals surface area contributed by atoms with Crippen molar-refractivity contribution >= 4 is 23.3 Å². The molecule has 1 N–H and O–H groups in total. The zero-order chi connectivity index (χ0) is 28.0. The van der Waals surface area contributed by atoms with Crippen molar-refractivity contribution < 1.29 is 28.3 Å². The molecule has 206 valence electrons. The molecule has 1 aromatic heterocycles. The Kier molecular flexibility index (Phi) is 11.3. The molecular weight excluding hydrogens is 506 g/mol. The number of hydrazone groups is 1. The number of carbonyl (C=O) groups is 3. The molecule has 2 aromatic carbocycles. The minimum atomic E-state index is -0.631. The van der Waals surface area contributed by atoms with E-state index in [4.69, 9.17) is 13.9 Å². The average Bonchev–Trinajstić information content (AvgIpc) is 3.23. The Balaban J connectivity index is 0.000000216. The van der Waals surface area contributed by atoms with E-state index >= 15 is 0 Å². The number of urea groups is 1. The number of Topliss-reactive ketones (excluding diaryl/α,β-unsaturated/α-hetero) is 2. The van der Waals surface area contributed by atoms with Crippen molar-refractivity contribution in [3.8, 4) is 0 Å². The molecule has 4 rings (SSSR count). The van der Waals surface area contributed by atoms with Crippen LogP contribution in [0.1, 0.15) is 23.9 Å². The summed E-state index contributed by atoms with van der Waals surface area (Å²) in [5, 5.41) is 7.72. The molecule has 0 radical (unpaired) electrons. The first-order valence-electron chi connectivity index (χ1n) is 12.2. The lowest BCUT2D eigenvalue weighted by molar-refractivity contribution is -0.124. The number of nitrogens with one attached hydrogen (secondary N) is 1. The van der Waals surface area contributed by atoms with E-state index in [2.05, 4.69) is 15.6 Å². The van der Waals surface area contributed by atoms with Gasteiger partial charge in [-0.3, -0.25) is 9.59 Å². The summed E-state index contributed by atoms with van der Waals surface area (Å²) in [7, 11) is 0. The lowest BCUT2D eigenvalue weighted by Gasteiger charge is -2.25. The Morgan fingerprint density at radius 3 is 2.10 bits per heavy atom. The molecule has 1 aliphatic rings. The summed E-state index contributed by atoms with van der Waals surface area (Å²) >= 11 is 0. The lowest BCUT2D eigenvalue weighted by Crippen LogP contribution is -2.48. The molecule has 0 spiro atoms. The molecule has 2 amide bonds. The Morgan fingerprint density at radius 1 is 0.923 bits per heavy atom. The normalized spacial score (nSPS) is 12.7. The van der Waals surface area contributed by atoms with Crippen LogP contribution in [0, 0.1) is 6.92 Å². The third-order valence-electron chi connectivity index (χ3n) is 5.17. The quantitative estimate of drug-likeness (QED) is 0.370. The smallest absolute Gasteiger partial charge is 0.393 e. The van der Waals surface area contributed by atoms with Gasteiger partial charge in [0.15, 0.2) is 5.78 Å². The van der Waals surface area contributed by atoms with E-state index in [1.54, 1.807) is 6.92 Å². The zero-order valence-electron chi connectivity index (χ0n) is 21.9. The molecule has 0 aliphatic carbocycles. The van der Waals surface area contributed by atoms with E-state index in [1.807, 2.05) is 60.7 Å². The standard InChI is InChI=1S/C14H17N3O3.C13H14N2O4/c1-11(18)7-17-8-13(15-16-14(17)19)10-20-9-12-5-3-2-4-6-12;1-10-14-15(13(17)19-10)7-12(16)9-18-8-11-5-3-2-4-6-11/h2-6H,7-10H2,1H3,(H,16,19);2-6H,7-9H2,1H3. The third kappa shape index (κ3) is 10.5. The minimum Gasteiger partial charge on any atom is -0.393 e. The van der Waals surface area contributed by atoms with Crippen molar-refractivity contribution in [2.24, 2.45) is 5.10 Å². The van der Waals surface area contributed by atoms with Gasteiger partial charge in [0.2, 0.25) is 5.89 Å². The van der Waals surface area contributed by atoms with Crippen molar-refractivity contribution in [2.45, 2.75) is 33.6 Å². The molecule has 0 unspecified atom stereocenters. The van der Waals surface area contributed by atoms with E-state index in [0.29, 0.717) is 32.1 Å². The number of ether oxygens (including phenoxy) is 2. The second kappa shape index (κ2) is 15.1. The molecule has 39 heavy (non-hydrogen) atoms. The maximum atomic E-state index is 11.6. The number of hydrogen-bond acceptors (Lipinski definition) is 9. The van der Waals surface area contributed by atoms with Gasteiger partial charge < -0.3 is 18.8 Å². The van der Waals surface area contributed by atoms with Gasteiger partial charge in [0.25, 0.3) is 0 Å². The van der Waals surface area contributed by atoms with Crippen LogP contribution in [0.15, 0.2) is 75.0 Å². The number of carbonyl (C=O) groups excluding carboxylic acids is 3. The summed E-state index contributed by atoms with van der Waals surface area (Å²) in [6.45, 7) is 4.38. The minimum absolute atomic E-state index is 0.0623. The molecule has 2 heterocycles. The highest BCUT2D eigenvalue weighted by Crippen LogP contribution is 2.03. The van der Waals surface area contributed by atoms with Gasteiger partial charge in [-0.2, -0.15) is 9.78 Å². The van der Waals surface area contributed by atoms with Crippen LogP contribution in [0.2, 0.25) is 0 Å². The number of nitrogens with zero attached hydrogens (tertiary/aromatic N) is 4. The number of aryl methyl sites for hydroxylation is 1. The van der Waals surface area contributed by atoms with Crippen LogP contribution in [0.25, 0.3) is 0 Å². The van der Waals surface area contributed by atoms with E-state index in [1.165, 1.54) is 11.8 Å². The lowest BCUT2D eigenvalue weighted by atomic mass is 10.2. The molecule has 0 fully saturated rings. The number of ketones is 2.